The van der Waals surface area contributed by atoms with E-state index in [1.165, 1.54) is 4.90 Å². The lowest BCUT2D eigenvalue weighted by Gasteiger charge is -2.17. The van der Waals surface area contributed by atoms with Gasteiger partial charge in [0.2, 0.25) is 0 Å². The number of aromatic amines is 2. The summed E-state index contributed by atoms with van der Waals surface area (Å²) in [6.45, 7) is -0.0722. The molecule has 1 aliphatic heterocycles. The van der Waals surface area contributed by atoms with Crippen molar-refractivity contribution in [2.45, 2.75) is 12.1 Å². The first-order valence-corrected chi connectivity index (χ1v) is 14.4. The molecule has 5 N–H and O–H groups in total. The fourth-order valence-electron chi connectivity index (χ4n) is 6.03. The number of nitrogens with one attached hydrogen (secondary N) is 3. The van der Waals surface area contributed by atoms with Gasteiger partial charge in [-0.1, -0.05) is 24.3 Å². The van der Waals surface area contributed by atoms with E-state index in [0.717, 1.165) is 16.8 Å². The molecule has 1 aliphatic rings. The predicted octanol–water partition coefficient (Wildman–Crippen LogP) is 6.86. The van der Waals surface area contributed by atoms with E-state index in [4.69, 9.17) is 11.6 Å². The smallest absolute Gasteiger partial charge is 0.432 e. The number of rotatable bonds is 5. The minimum Gasteiger partial charge on any atom is -0.506 e. The summed E-state index contributed by atoms with van der Waals surface area (Å²) in [7, 11) is 0. The lowest BCUT2D eigenvalue weighted by Crippen LogP contribution is -2.30. The maximum Gasteiger partial charge on any atom is 0.432 e. The number of aromatic carboxylic acids is 1. The maximum absolute atomic E-state index is 13.8. The highest BCUT2D eigenvalue weighted by molar-refractivity contribution is 6.20. The Bertz CT molecular complexity index is 2260. The van der Waals surface area contributed by atoms with Gasteiger partial charge in [-0.25, -0.2) is 4.79 Å². The summed E-state index contributed by atoms with van der Waals surface area (Å²) in [4.78, 5) is 49.3. The van der Waals surface area contributed by atoms with Crippen LogP contribution in [0.15, 0.2) is 66.9 Å². The molecule has 232 valence electrons. The highest BCUT2D eigenvalue weighted by atomic mass is 35.5. The molecular formula is C32H21ClF3N5O5. The van der Waals surface area contributed by atoms with Gasteiger partial charge < -0.3 is 30.4 Å². The molecule has 0 saturated heterocycles. The van der Waals surface area contributed by atoms with Gasteiger partial charge in [-0.15, -0.1) is 11.6 Å². The van der Waals surface area contributed by atoms with Crippen LogP contribution in [0.1, 0.15) is 48.5 Å². The van der Waals surface area contributed by atoms with Crippen LogP contribution < -0.4 is 10.2 Å². The fraction of sp³-hybridized carbons (Fsp3) is 0.125. The second-order valence-electron chi connectivity index (χ2n) is 10.9. The highest BCUT2D eigenvalue weighted by Gasteiger charge is 2.43. The van der Waals surface area contributed by atoms with Gasteiger partial charge in [0.1, 0.15) is 22.8 Å². The van der Waals surface area contributed by atoms with E-state index in [0.29, 0.717) is 16.6 Å². The zero-order valence-electron chi connectivity index (χ0n) is 23.4. The minimum atomic E-state index is -5.05. The Morgan fingerprint density at radius 2 is 1.78 bits per heavy atom. The van der Waals surface area contributed by atoms with E-state index in [2.05, 4.69) is 15.3 Å². The highest BCUT2D eigenvalue weighted by Crippen LogP contribution is 2.49. The molecule has 3 aromatic heterocycles. The van der Waals surface area contributed by atoms with Crippen molar-refractivity contribution in [3.05, 3.63) is 95.1 Å². The molecule has 2 amide bonds. The number of nitrogens with zero attached hydrogens (tertiary/aromatic N) is 2. The van der Waals surface area contributed by atoms with E-state index < -0.39 is 52.4 Å². The quantitative estimate of drug-likeness (QED) is 0.129. The average Bonchev–Trinajstić information content (AvgIpc) is 3.74. The number of anilines is 2. The SMILES string of the molecule is O=C(Nc1ccc2[nH]c(C(=O)N3C[C@@H](CCl)c4c3cc(O)c3[nH]c(C(F)(F)F)c(C(=O)O)c43)cc2c1)c1cc2ccccc2cn1. The van der Waals surface area contributed by atoms with Gasteiger partial charge in [0.05, 0.1) is 16.8 Å². The van der Waals surface area contributed by atoms with Gasteiger partial charge in [0, 0.05) is 58.0 Å². The first-order valence-electron chi connectivity index (χ1n) is 13.8. The van der Waals surface area contributed by atoms with Crippen molar-refractivity contribution in [1.29, 1.82) is 0 Å². The van der Waals surface area contributed by atoms with Crippen LogP contribution in [0.3, 0.4) is 0 Å². The van der Waals surface area contributed by atoms with Crippen LogP contribution in [0.2, 0.25) is 0 Å². The van der Waals surface area contributed by atoms with Gasteiger partial charge in [-0.2, -0.15) is 13.2 Å². The number of H-pyrrole nitrogens is 2. The van der Waals surface area contributed by atoms with E-state index in [1.54, 1.807) is 36.5 Å². The van der Waals surface area contributed by atoms with Gasteiger partial charge in [0.25, 0.3) is 11.8 Å². The molecule has 1 atom stereocenters. The van der Waals surface area contributed by atoms with Crippen molar-refractivity contribution < 1.29 is 37.8 Å². The molecule has 0 saturated carbocycles. The van der Waals surface area contributed by atoms with E-state index in [-0.39, 0.29) is 40.4 Å². The van der Waals surface area contributed by atoms with Crippen molar-refractivity contribution in [1.82, 2.24) is 15.0 Å². The number of carbonyl (C=O) groups excluding carboxylic acids is 2. The zero-order valence-corrected chi connectivity index (χ0v) is 24.1. The summed E-state index contributed by atoms with van der Waals surface area (Å²) in [6.07, 6.45) is -3.44. The Labute approximate surface area is 261 Å². The third-order valence-electron chi connectivity index (χ3n) is 8.08. The number of aromatic hydroxyl groups is 1. The molecule has 0 aliphatic carbocycles. The number of aromatic nitrogens is 3. The number of benzene rings is 3. The number of hydrogen-bond donors (Lipinski definition) is 5. The number of alkyl halides is 4. The Kier molecular flexibility index (Phi) is 6.67. The Balaban J connectivity index is 1.22. The molecule has 3 aromatic carbocycles. The van der Waals surface area contributed by atoms with E-state index in [9.17, 15) is 37.8 Å². The zero-order chi connectivity index (χ0) is 32.5. The van der Waals surface area contributed by atoms with Crippen LogP contribution in [0.25, 0.3) is 32.6 Å². The number of amides is 2. The monoisotopic (exact) mass is 647 g/mol. The number of fused-ring (bicyclic) bond motifs is 5. The third kappa shape index (κ3) is 4.67. The molecule has 6 aromatic rings. The first kappa shape index (κ1) is 29.2. The first-order chi connectivity index (χ1) is 21.9. The number of carboxylic acid groups (broad SMARTS) is 1. The molecule has 46 heavy (non-hydrogen) atoms. The van der Waals surface area contributed by atoms with Crippen molar-refractivity contribution in [2.75, 3.05) is 22.6 Å². The summed E-state index contributed by atoms with van der Waals surface area (Å²) >= 11 is 6.19. The molecule has 0 bridgehead atoms. The molecule has 0 spiro atoms. The fourth-order valence-corrected chi connectivity index (χ4v) is 6.29. The number of phenolic OH excluding ortho intramolecular Hbond substituents is 1. The van der Waals surface area contributed by atoms with Gasteiger partial charge >= 0.3 is 12.1 Å². The molecule has 10 nitrogen and oxygen atoms in total. The number of halogens is 4. The second kappa shape index (κ2) is 10.5. The van der Waals surface area contributed by atoms with Gasteiger partial charge in [-0.3, -0.25) is 14.6 Å². The lowest BCUT2D eigenvalue weighted by atomic mass is 9.95. The molecule has 7 rings (SSSR count). The van der Waals surface area contributed by atoms with Crippen LogP contribution in [-0.4, -0.2) is 55.4 Å². The largest absolute Gasteiger partial charge is 0.506 e. The van der Waals surface area contributed by atoms with E-state index in [1.807, 2.05) is 29.2 Å². The van der Waals surface area contributed by atoms with Crippen LogP contribution in [0.5, 0.6) is 5.75 Å². The standard InChI is InChI=1S/C32H21ClF3N5O5/c33-11-17-13-41(22-10-23(42)27-25(24(17)22)26(31(45)46)28(40-27)32(34,35)36)30(44)21-9-16-7-18(5-6-19(16)39-21)38-29(43)20-8-14-3-1-2-4-15(14)12-37-20/h1-10,12,17,39-40,42H,11,13H2,(H,38,43)(H,45,46)/t17-/m1/s1. The lowest BCUT2D eigenvalue weighted by molar-refractivity contribution is -0.141. The van der Waals surface area contributed by atoms with Crippen LogP contribution in [0.4, 0.5) is 24.5 Å². The summed E-state index contributed by atoms with van der Waals surface area (Å²) in [6, 6.07) is 16.8. The normalized spacial score (nSPS) is 14.7. The Hall–Kier alpha value is -5.56. The number of carbonyl (C=O) groups is 3. The number of pyridine rings is 1. The summed E-state index contributed by atoms with van der Waals surface area (Å²) < 4.78 is 41.3. The minimum absolute atomic E-state index is 0.0466. The molecule has 4 heterocycles. The molecule has 0 fully saturated rings. The van der Waals surface area contributed by atoms with Crippen LogP contribution >= 0.6 is 11.6 Å². The van der Waals surface area contributed by atoms with Crippen molar-refractivity contribution >= 4 is 73.3 Å². The Morgan fingerprint density at radius 3 is 2.50 bits per heavy atom. The number of carboxylic acids is 1. The second-order valence-corrected chi connectivity index (χ2v) is 11.2. The van der Waals surface area contributed by atoms with Crippen molar-refractivity contribution in [3.8, 4) is 5.75 Å². The molecular weight excluding hydrogens is 627 g/mol. The number of hydrogen-bond acceptors (Lipinski definition) is 5. The topological polar surface area (TPSA) is 151 Å². The summed E-state index contributed by atoms with van der Waals surface area (Å²) in [5.74, 6) is -4.38. The summed E-state index contributed by atoms with van der Waals surface area (Å²) in [5.41, 5.74) is -1.49. The predicted molar refractivity (Wildman–Crippen MR) is 165 cm³/mol. The maximum atomic E-state index is 13.8. The van der Waals surface area contributed by atoms with Crippen molar-refractivity contribution in [2.24, 2.45) is 0 Å². The Morgan fingerprint density at radius 1 is 1.02 bits per heavy atom. The molecule has 0 unspecified atom stereocenters. The van der Waals surface area contributed by atoms with Crippen molar-refractivity contribution in [3.63, 3.8) is 0 Å². The molecule has 14 heteroatoms. The van der Waals surface area contributed by atoms with E-state index >= 15 is 0 Å². The molecule has 0 radical (unpaired) electrons. The van der Waals surface area contributed by atoms with Gasteiger partial charge in [-0.05, 0) is 41.3 Å². The number of phenols is 1. The summed E-state index contributed by atoms with van der Waals surface area (Å²) in [5, 5.41) is 25.2. The van der Waals surface area contributed by atoms with Gasteiger partial charge in [0.15, 0.2) is 0 Å². The average molecular weight is 648 g/mol. The van der Waals surface area contributed by atoms with Crippen LogP contribution in [-0.2, 0) is 6.18 Å². The van der Waals surface area contributed by atoms with Crippen LogP contribution in [0, 0.1) is 0 Å². The third-order valence-corrected chi connectivity index (χ3v) is 8.45.